The van der Waals surface area contributed by atoms with Crippen molar-refractivity contribution >= 4 is 5.91 Å². The Morgan fingerprint density at radius 1 is 1.67 bits per heavy atom. The zero-order valence-corrected chi connectivity index (χ0v) is 8.24. The second-order valence-corrected chi connectivity index (χ2v) is 3.17. The SMILES string of the molecule is C[C@H](O)COc1ccc(C(N)=O)c(F)c1. The number of primary amides is 1. The molecule has 0 unspecified atom stereocenters. The Bertz CT molecular complexity index is 366. The Morgan fingerprint density at radius 2 is 2.33 bits per heavy atom. The monoisotopic (exact) mass is 213 g/mol. The van der Waals surface area contributed by atoms with E-state index in [1.807, 2.05) is 0 Å². The number of halogens is 1. The number of aliphatic hydroxyl groups is 1. The molecule has 0 aliphatic rings. The third-order valence-corrected chi connectivity index (χ3v) is 1.70. The first kappa shape index (κ1) is 11.5. The summed E-state index contributed by atoms with van der Waals surface area (Å²) in [5.74, 6) is -1.31. The molecule has 1 atom stereocenters. The number of hydrogen-bond donors (Lipinski definition) is 2. The molecule has 82 valence electrons. The van der Waals surface area contributed by atoms with Gasteiger partial charge in [-0.3, -0.25) is 4.79 Å². The molecule has 0 fully saturated rings. The maximum absolute atomic E-state index is 13.2. The summed E-state index contributed by atoms with van der Waals surface area (Å²) in [6, 6.07) is 3.73. The summed E-state index contributed by atoms with van der Waals surface area (Å²) in [5, 5.41) is 8.93. The van der Waals surface area contributed by atoms with E-state index in [-0.39, 0.29) is 17.9 Å². The molecule has 0 spiro atoms. The van der Waals surface area contributed by atoms with Gasteiger partial charge in [0.25, 0.3) is 5.91 Å². The molecule has 0 radical (unpaired) electrons. The zero-order valence-electron chi connectivity index (χ0n) is 8.24. The van der Waals surface area contributed by atoms with E-state index >= 15 is 0 Å². The summed E-state index contributed by atoms with van der Waals surface area (Å²) in [6.07, 6.45) is -0.635. The first-order chi connectivity index (χ1) is 7.00. The van der Waals surface area contributed by atoms with Crippen molar-refractivity contribution < 1.29 is 19.0 Å². The molecule has 0 aromatic heterocycles. The van der Waals surface area contributed by atoms with E-state index in [1.165, 1.54) is 12.1 Å². The molecule has 3 N–H and O–H groups in total. The lowest BCUT2D eigenvalue weighted by Crippen LogP contribution is -2.15. The van der Waals surface area contributed by atoms with Gasteiger partial charge in [0.2, 0.25) is 0 Å². The molecule has 1 amide bonds. The summed E-state index contributed by atoms with van der Waals surface area (Å²) in [4.78, 5) is 10.7. The first-order valence-electron chi connectivity index (χ1n) is 4.41. The number of hydrogen-bond acceptors (Lipinski definition) is 3. The van der Waals surface area contributed by atoms with Gasteiger partial charge in [0.1, 0.15) is 18.2 Å². The molecule has 1 rings (SSSR count). The molecule has 1 aromatic carbocycles. The fraction of sp³-hybridized carbons (Fsp3) is 0.300. The van der Waals surface area contributed by atoms with Gasteiger partial charge in [-0.1, -0.05) is 0 Å². The molecule has 15 heavy (non-hydrogen) atoms. The highest BCUT2D eigenvalue weighted by atomic mass is 19.1. The molecule has 5 heteroatoms. The van der Waals surface area contributed by atoms with Gasteiger partial charge in [-0.2, -0.15) is 0 Å². The highest BCUT2D eigenvalue weighted by Crippen LogP contribution is 2.16. The van der Waals surface area contributed by atoms with Crippen LogP contribution in [-0.4, -0.2) is 23.7 Å². The van der Waals surface area contributed by atoms with Crippen molar-refractivity contribution in [1.82, 2.24) is 0 Å². The van der Waals surface area contributed by atoms with Gasteiger partial charge < -0.3 is 15.6 Å². The van der Waals surface area contributed by atoms with Gasteiger partial charge in [-0.05, 0) is 19.1 Å². The fourth-order valence-corrected chi connectivity index (χ4v) is 1.00. The van der Waals surface area contributed by atoms with Gasteiger partial charge >= 0.3 is 0 Å². The summed E-state index contributed by atoms with van der Waals surface area (Å²) >= 11 is 0. The summed E-state index contributed by atoms with van der Waals surface area (Å²) in [5.41, 5.74) is 4.75. The smallest absolute Gasteiger partial charge is 0.251 e. The van der Waals surface area contributed by atoms with Gasteiger partial charge in [0.15, 0.2) is 0 Å². The van der Waals surface area contributed by atoms with Crippen LogP contribution in [0.2, 0.25) is 0 Å². The van der Waals surface area contributed by atoms with Crippen LogP contribution in [0.4, 0.5) is 4.39 Å². The largest absolute Gasteiger partial charge is 0.491 e. The molecule has 1 aromatic rings. The van der Waals surface area contributed by atoms with E-state index in [0.717, 1.165) is 6.07 Å². The van der Waals surface area contributed by atoms with Crippen molar-refractivity contribution in [2.75, 3.05) is 6.61 Å². The van der Waals surface area contributed by atoms with Crippen molar-refractivity contribution in [1.29, 1.82) is 0 Å². The first-order valence-corrected chi connectivity index (χ1v) is 4.41. The van der Waals surface area contributed by atoms with Crippen LogP contribution in [0.25, 0.3) is 0 Å². The molecule has 0 saturated heterocycles. The standard InChI is InChI=1S/C10H12FNO3/c1-6(13)5-15-7-2-3-8(10(12)14)9(11)4-7/h2-4,6,13H,5H2,1H3,(H2,12,14)/t6-/m0/s1. The zero-order chi connectivity index (χ0) is 11.4. The Morgan fingerprint density at radius 3 is 2.80 bits per heavy atom. The summed E-state index contributed by atoms with van der Waals surface area (Å²) < 4.78 is 18.2. The molecule has 0 saturated carbocycles. The molecular weight excluding hydrogens is 201 g/mol. The van der Waals surface area contributed by atoms with E-state index in [4.69, 9.17) is 15.6 Å². The lowest BCUT2D eigenvalue weighted by Gasteiger charge is -2.08. The van der Waals surface area contributed by atoms with Crippen LogP contribution in [0.15, 0.2) is 18.2 Å². The van der Waals surface area contributed by atoms with E-state index in [9.17, 15) is 9.18 Å². The van der Waals surface area contributed by atoms with Crippen LogP contribution in [0.3, 0.4) is 0 Å². The molecule has 4 nitrogen and oxygen atoms in total. The normalized spacial score (nSPS) is 12.2. The minimum atomic E-state index is -0.824. The van der Waals surface area contributed by atoms with Crippen LogP contribution >= 0.6 is 0 Å². The van der Waals surface area contributed by atoms with Crippen LogP contribution in [-0.2, 0) is 0 Å². The van der Waals surface area contributed by atoms with Crippen molar-refractivity contribution in [3.05, 3.63) is 29.6 Å². The molecular formula is C10H12FNO3. The average Bonchev–Trinajstić information content (AvgIpc) is 2.14. The van der Waals surface area contributed by atoms with Crippen LogP contribution in [0.5, 0.6) is 5.75 Å². The molecule has 0 bridgehead atoms. The number of rotatable bonds is 4. The Balaban J connectivity index is 2.78. The van der Waals surface area contributed by atoms with Gasteiger partial charge in [0, 0.05) is 6.07 Å². The van der Waals surface area contributed by atoms with E-state index in [0.29, 0.717) is 0 Å². The van der Waals surface area contributed by atoms with Crippen LogP contribution in [0.1, 0.15) is 17.3 Å². The van der Waals surface area contributed by atoms with Crippen LogP contribution in [0, 0.1) is 5.82 Å². The van der Waals surface area contributed by atoms with Gasteiger partial charge in [-0.15, -0.1) is 0 Å². The molecule has 0 aliphatic carbocycles. The highest BCUT2D eigenvalue weighted by molar-refractivity contribution is 5.93. The van der Waals surface area contributed by atoms with Gasteiger partial charge in [0.05, 0.1) is 11.7 Å². The highest BCUT2D eigenvalue weighted by Gasteiger charge is 2.09. The second-order valence-electron chi connectivity index (χ2n) is 3.17. The molecule has 0 aliphatic heterocycles. The number of carbonyl (C=O) groups is 1. The number of amides is 1. The topological polar surface area (TPSA) is 72.6 Å². The van der Waals surface area contributed by atoms with Crippen molar-refractivity contribution in [2.24, 2.45) is 5.73 Å². The third kappa shape index (κ3) is 3.21. The van der Waals surface area contributed by atoms with E-state index < -0.39 is 17.8 Å². The Labute approximate surface area is 86.5 Å². The summed E-state index contributed by atoms with van der Waals surface area (Å²) in [6.45, 7) is 1.61. The van der Waals surface area contributed by atoms with Crippen molar-refractivity contribution in [2.45, 2.75) is 13.0 Å². The molecule has 0 heterocycles. The average molecular weight is 213 g/mol. The van der Waals surface area contributed by atoms with Crippen molar-refractivity contribution in [3.63, 3.8) is 0 Å². The van der Waals surface area contributed by atoms with E-state index in [1.54, 1.807) is 6.92 Å². The maximum Gasteiger partial charge on any atom is 0.251 e. The number of aliphatic hydroxyl groups excluding tert-OH is 1. The Hall–Kier alpha value is -1.62. The quantitative estimate of drug-likeness (QED) is 0.772. The third-order valence-electron chi connectivity index (χ3n) is 1.70. The summed E-state index contributed by atoms with van der Waals surface area (Å²) in [7, 11) is 0. The predicted octanol–water partition coefficient (Wildman–Crippen LogP) is 0.684. The number of carbonyl (C=O) groups excluding carboxylic acids is 1. The second kappa shape index (κ2) is 4.75. The lowest BCUT2D eigenvalue weighted by molar-refractivity contribution is 0.0995. The lowest BCUT2D eigenvalue weighted by atomic mass is 10.2. The van der Waals surface area contributed by atoms with Gasteiger partial charge in [-0.25, -0.2) is 4.39 Å². The minimum Gasteiger partial charge on any atom is -0.491 e. The fourth-order valence-electron chi connectivity index (χ4n) is 1.00. The number of ether oxygens (including phenoxy) is 1. The number of nitrogens with two attached hydrogens (primary N) is 1. The van der Waals surface area contributed by atoms with Crippen LogP contribution < -0.4 is 10.5 Å². The maximum atomic E-state index is 13.2. The van der Waals surface area contributed by atoms with Crippen molar-refractivity contribution in [3.8, 4) is 5.75 Å². The van der Waals surface area contributed by atoms with E-state index in [2.05, 4.69) is 0 Å². The Kier molecular flexibility index (Phi) is 3.62. The number of benzene rings is 1. The predicted molar refractivity (Wildman–Crippen MR) is 52.1 cm³/mol. The minimum absolute atomic E-state index is 0.0648.